The molecule has 0 aliphatic carbocycles. The van der Waals surface area contributed by atoms with Gasteiger partial charge < -0.3 is 5.73 Å². The molecule has 0 unspecified atom stereocenters. The van der Waals surface area contributed by atoms with Crippen molar-refractivity contribution >= 4 is 39.1 Å². The fourth-order valence-electron chi connectivity index (χ4n) is 1.22. The van der Waals surface area contributed by atoms with Gasteiger partial charge in [0, 0.05) is 23.7 Å². The van der Waals surface area contributed by atoms with Gasteiger partial charge in [-0.2, -0.15) is 11.8 Å². The summed E-state index contributed by atoms with van der Waals surface area (Å²) >= 11 is 7.44. The van der Waals surface area contributed by atoms with Crippen LogP contribution in [0.5, 0.6) is 0 Å². The van der Waals surface area contributed by atoms with Crippen LogP contribution in [0.2, 0.25) is 5.02 Å². The number of halogens is 1. The lowest BCUT2D eigenvalue weighted by molar-refractivity contribution is 0.584. The molecule has 0 fully saturated rings. The van der Waals surface area contributed by atoms with Gasteiger partial charge in [-0.15, -0.1) is 6.58 Å². The van der Waals surface area contributed by atoms with Crippen LogP contribution >= 0.6 is 23.4 Å². The van der Waals surface area contributed by atoms with Crippen molar-refractivity contribution in [3.05, 3.63) is 35.9 Å². The maximum Gasteiger partial charge on any atom is 0.242 e. The molecular weight excluding hydrogens is 292 g/mol. The average molecular weight is 307 g/mol. The van der Waals surface area contributed by atoms with Crippen LogP contribution < -0.4 is 10.5 Å². The lowest BCUT2D eigenvalue weighted by Gasteiger charge is -2.08. The molecule has 7 heteroatoms. The number of anilines is 1. The van der Waals surface area contributed by atoms with Crippen molar-refractivity contribution < 1.29 is 8.42 Å². The van der Waals surface area contributed by atoms with Gasteiger partial charge >= 0.3 is 0 Å². The topological polar surface area (TPSA) is 72.2 Å². The summed E-state index contributed by atoms with van der Waals surface area (Å²) < 4.78 is 26.4. The Hall–Kier alpha value is -0.690. The van der Waals surface area contributed by atoms with Gasteiger partial charge in [0.25, 0.3) is 0 Å². The van der Waals surface area contributed by atoms with Crippen LogP contribution in [0.3, 0.4) is 0 Å². The Morgan fingerprint density at radius 3 is 2.89 bits per heavy atom. The summed E-state index contributed by atoms with van der Waals surface area (Å²) in [5, 5.41) is 0.162. The monoisotopic (exact) mass is 306 g/mol. The Balaban J connectivity index is 2.68. The van der Waals surface area contributed by atoms with E-state index in [1.807, 2.05) is 0 Å². The molecule has 0 saturated heterocycles. The van der Waals surface area contributed by atoms with Crippen LogP contribution in [0.1, 0.15) is 0 Å². The third kappa shape index (κ3) is 4.53. The molecule has 0 aliphatic rings. The van der Waals surface area contributed by atoms with E-state index in [1.165, 1.54) is 12.1 Å². The van der Waals surface area contributed by atoms with Crippen molar-refractivity contribution in [2.75, 3.05) is 23.8 Å². The van der Waals surface area contributed by atoms with E-state index in [9.17, 15) is 8.42 Å². The van der Waals surface area contributed by atoms with Gasteiger partial charge in [-0.1, -0.05) is 17.7 Å². The average Bonchev–Trinajstić information content (AvgIpc) is 2.32. The van der Waals surface area contributed by atoms with Crippen LogP contribution in [0.4, 0.5) is 5.69 Å². The van der Waals surface area contributed by atoms with E-state index in [-0.39, 0.29) is 9.92 Å². The highest BCUT2D eigenvalue weighted by atomic mass is 35.5. The molecule has 1 aromatic carbocycles. The number of nitrogens with one attached hydrogen (secondary N) is 1. The number of nitrogen functional groups attached to an aromatic ring is 1. The van der Waals surface area contributed by atoms with Crippen LogP contribution in [0, 0.1) is 0 Å². The maximum absolute atomic E-state index is 12.0. The lowest BCUT2D eigenvalue weighted by Crippen LogP contribution is -2.26. The summed E-state index contributed by atoms with van der Waals surface area (Å²) in [5.41, 5.74) is 5.91. The molecule has 0 bridgehead atoms. The van der Waals surface area contributed by atoms with Gasteiger partial charge in [0.2, 0.25) is 10.0 Å². The number of nitrogens with two attached hydrogens (primary N) is 1. The maximum atomic E-state index is 12.0. The Kier molecular flexibility index (Phi) is 6.01. The van der Waals surface area contributed by atoms with E-state index < -0.39 is 10.0 Å². The summed E-state index contributed by atoms with van der Waals surface area (Å²) in [4.78, 5) is 0.0119. The van der Waals surface area contributed by atoms with Crippen LogP contribution in [0.25, 0.3) is 0 Å². The first-order chi connectivity index (χ1) is 8.47. The summed E-state index contributed by atoms with van der Waals surface area (Å²) in [6, 6.07) is 4.38. The zero-order valence-corrected chi connectivity index (χ0v) is 12.1. The highest BCUT2D eigenvalue weighted by Crippen LogP contribution is 2.23. The molecule has 0 heterocycles. The smallest absolute Gasteiger partial charge is 0.242 e. The van der Waals surface area contributed by atoms with Gasteiger partial charge in [-0.25, -0.2) is 13.1 Å². The molecule has 1 rings (SSSR count). The minimum absolute atomic E-state index is 0.0119. The second kappa shape index (κ2) is 7.04. The second-order valence-electron chi connectivity index (χ2n) is 3.45. The van der Waals surface area contributed by atoms with Gasteiger partial charge in [-0.05, 0) is 18.2 Å². The Bertz CT molecular complexity index is 518. The molecule has 0 aliphatic heterocycles. The second-order valence-corrected chi connectivity index (χ2v) is 6.74. The number of sulfonamides is 1. The van der Waals surface area contributed by atoms with Gasteiger partial charge in [0.15, 0.2) is 0 Å². The highest BCUT2D eigenvalue weighted by molar-refractivity contribution is 7.99. The first-order valence-corrected chi connectivity index (χ1v) is 8.22. The Morgan fingerprint density at radius 1 is 1.50 bits per heavy atom. The Morgan fingerprint density at radius 2 is 2.22 bits per heavy atom. The summed E-state index contributed by atoms with van der Waals surface area (Å²) in [6.07, 6.45) is 1.77. The minimum Gasteiger partial charge on any atom is -0.399 e. The van der Waals surface area contributed by atoms with E-state index in [2.05, 4.69) is 11.3 Å². The number of benzene rings is 1. The van der Waals surface area contributed by atoms with E-state index >= 15 is 0 Å². The molecule has 0 aromatic heterocycles. The standard InChI is InChI=1S/C11H15ClN2O2S2/c1-2-6-17-7-5-14-18(15,16)11-8-9(13)3-4-10(11)12/h2-4,8,14H,1,5-7,13H2. The Labute approximate surface area is 117 Å². The van der Waals surface area contributed by atoms with Crippen molar-refractivity contribution in [3.8, 4) is 0 Å². The first kappa shape index (κ1) is 15.4. The van der Waals surface area contributed by atoms with E-state index in [1.54, 1.807) is 23.9 Å². The predicted octanol–water partition coefficient (Wildman–Crippen LogP) is 2.12. The molecule has 0 atom stereocenters. The predicted molar refractivity (Wildman–Crippen MR) is 78.6 cm³/mol. The SMILES string of the molecule is C=CCSCCNS(=O)(=O)c1cc(N)ccc1Cl. The highest BCUT2D eigenvalue weighted by Gasteiger charge is 2.17. The zero-order valence-electron chi connectivity index (χ0n) is 9.73. The van der Waals surface area contributed by atoms with Crippen molar-refractivity contribution in [2.24, 2.45) is 0 Å². The first-order valence-electron chi connectivity index (χ1n) is 5.20. The fourth-order valence-corrected chi connectivity index (χ4v) is 3.49. The van der Waals surface area contributed by atoms with Crippen molar-refractivity contribution in [2.45, 2.75) is 4.90 Å². The van der Waals surface area contributed by atoms with Crippen LogP contribution in [0.15, 0.2) is 35.7 Å². The number of hydrogen-bond donors (Lipinski definition) is 2. The van der Waals surface area contributed by atoms with Crippen LogP contribution in [-0.4, -0.2) is 26.5 Å². The van der Waals surface area contributed by atoms with E-state index in [0.29, 0.717) is 18.0 Å². The molecule has 3 N–H and O–H groups in total. The zero-order chi connectivity index (χ0) is 13.6. The summed E-state index contributed by atoms with van der Waals surface area (Å²) in [6.45, 7) is 3.92. The molecule has 0 spiro atoms. The molecule has 0 radical (unpaired) electrons. The third-order valence-corrected chi connectivity index (χ3v) is 4.93. The number of rotatable bonds is 7. The molecular formula is C11H15ClN2O2S2. The number of thioether (sulfide) groups is 1. The summed E-state index contributed by atoms with van der Waals surface area (Å²) in [5.74, 6) is 1.46. The molecule has 0 saturated carbocycles. The molecule has 100 valence electrons. The third-order valence-electron chi connectivity index (χ3n) is 2.02. The normalized spacial score (nSPS) is 11.4. The largest absolute Gasteiger partial charge is 0.399 e. The molecule has 18 heavy (non-hydrogen) atoms. The van der Waals surface area contributed by atoms with Gasteiger partial charge in [-0.3, -0.25) is 0 Å². The van der Waals surface area contributed by atoms with Crippen molar-refractivity contribution in [1.82, 2.24) is 4.72 Å². The van der Waals surface area contributed by atoms with Gasteiger partial charge in [0.1, 0.15) is 4.90 Å². The van der Waals surface area contributed by atoms with Crippen molar-refractivity contribution in [3.63, 3.8) is 0 Å². The summed E-state index contributed by atoms with van der Waals surface area (Å²) in [7, 11) is -3.60. The molecule has 4 nitrogen and oxygen atoms in total. The quantitative estimate of drug-likeness (QED) is 0.460. The van der Waals surface area contributed by atoms with E-state index in [0.717, 1.165) is 5.75 Å². The number of hydrogen-bond acceptors (Lipinski definition) is 4. The van der Waals surface area contributed by atoms with Gasteiger partial charge in [0.05, 0.1) is 5.02 Å². The fraction of sp³-hybridized carbons (Fsp3) is 0.273. The van der Waals surface area contributed by atoms with E-state index in [4.69, 9.17) is 17.3 Å². The lowest BCUT2D eigenvalue weighted by atomic mass is 10.3. The minimum atomic E-state index is -3.60. The molecule has 0 amide bonds. The van der Waals surface area contributed by atoms with Crippen LogP contribution in [-0.2, 0) is 10.0 Å². The van der Waals surface area contributed by atoms with Crippen molar-refractivity contribution in [1.29, 1.82) is 0 Å². The molecule has 1 aromatic rings.